The Morgan fingerprint density at radius 1 is 0.962 bits per heavy atom. The van der Waals surface area contributed by atoms with E-state index in [-0.39, 0.29) is 11.3 Å². The van der Waals surface area contributed by atoms with E-state index in [4.69, 9.17) is 16.9 Å². The summed E-state index contributed by atoms with van der Waals surface area (Å²) in [5.41, 5.74) is 1.46. The van der Waals surface area contributed by atoms with Gasteiger partial charge in [-0.05, 0) is 35.9 Å². The summed E-state index contributed by atoms with van der Waals surface area (Å²) in [6.45, 7) is 2.20. The maximum Gasteiger partial charge on any atom is 0.418 e. The fourth-order valence-corrected chi connectivity index (χ4v) is 3.29. The summed E-state index contributed by atoms with van der Waals surface area (Å²) < 4.78 is 40.1. The van der Waals surface area contributed by atoms with E-state index in [2.05, 4.69) is 4.90 Å². The second kappa shape index (κ2) is 7.46. The van der Waals surface area contributed by atoms with Crippen LogP contribution in [0, 0.1) is 11.3 Å². The minimum absolute atomic E-state index is 0.0130. The highest BCUT2D eigenvalue weighted by molar-refractivity contribution is 6.17. The Kier molecular flexibility index (Phi) is 5.28. The van der Waals surface area contributed by atoms with Gasteiger partial charge >= 0.3 is 6.18 Å². The van der Waals surface area contributed by atoms with Gasteiger partial charge in [-0.25, -0.2) is 0 Å². The molecule has 1 aliphatic rings. The number of halogens is 4. The van der Waals surface area contributed by atoms with Crippen LogP contribution in [0.5, 0.6) is 0 Å². The van der Waals surface area contributed by atoms with E-state index in [9.17, 15) is 13.2 Å². The van der Waals surface area contributed by atoms with Gasteiger partial charge in [-0.15, -0.1) is 11.6 Å². The fraction of sp³-hybridized carbons (Fsp3) is 0.316. The highest BCUT2D eigenvalue weighted by atomic mass is 35.5. The lowest BCUT2D eigenvalue weighted by molar-refractivity contribution is -0.137. The molecule has 3 nitrogen and oxygen atoms in total. The van der Waals surface area contributed by atoms with Crippen molar-refractivity contribution in [2.45, 2.75) is 12.1 Å². The fourth-order valence-electron chi connectivity index (χ4n) is 3.11. The van der Waals surface area contributed by atoms with Crippen molar-refractivity contribution in [3.05, 3.63) is 59.2 Å². The molecule has 1 aliphatic heterocycles. The first kappa shape index (κ1) is 18.4. The van der Waals surface area contributed by atoms with Crippen LogP contribution in [0.15, 0.2) is 42.5 Å². The second-order valence-corrected chi connectivity index (χ2v) is 6.38. The van der Waals surface area contributed by atoms with Gasteiger partial charge in [0.1, 0.15) is 0 Å². The van der Waals surface area contributed by atoms with Crippen molar-refractivity contribution >= 4 is 23.0 Å². The monoisotopic (exact) mass is 379 g/mol. The summed E-state index contributed by atoms with van der Waals surface area (Å²) in [7, 11) is 0. The number of anilines is 2. The summed E-state index contributed by atoms with van der Waals surface area (Å²) in [6, 6.07) is 13.4. The Morgan fingerprint density at radius 2 is 1.58 bits per heavy atom. The van der Waals surface area contributed by atoms with E-state index < -0.39 is 11.7 Å². The number of nitriles is 1. The van der Waals surface area contributed by atoms with Gasteiger partial charge in [0.25, 0.3) is 0 Å². The summed E-state index contributed by atoms with van der Waals surface area (Å²) >= 11 is 5.79. The Balaban J connectivity index is 1.76. The molecule has 0 bridgehead atoms. The Hall–Kier alpha value is -2.39. The predicted molar refractivity (Wildman–Crippen MR) is 96.6 cm³/mol. The van der Waals surface area contributed by atoms with E-state index in [1.807, 2.05) is 24.3 Å². The zero-order valence-corrected chi connectivity index (χ0v) is 14.7. The van der Waals surface area contributed by atoms with E-state index in [0.717, 1.165) is 17.3 Å². The molecule has 3 rings (SSSR count). The largest absolute Gasteiger partial charge is 0.418 e. The maximum atomic E-state index is 13.4. The number of alkyl halides is 4. The van der Waals surface area contributed by atoms with Gasteiger partial charge in [-0.3, -0.25) is 0 Å². The molecule has 0 aliphatic carbocycles. The lowest BCUT2D eigenvalue weighted by atomic mass is 10.1. The molecule has 0 saturated carbocycles. The third-order valence-electron chi connectivity index (χ3n) is 4.51. The smallest absolute Gasteiger partial charge is 0.368 e. The molecule has 0 radical (unpaired) electrons. The molecule has 1 saturated heterocycles. The van der Waals surface area contributed by atoms with Gasteiger partial charge < -0.3 is 9.80 Å². The number of rotatable bonds is 3. The number of nitrogens with zero attached hydrogens (tertiary/aromatic N) is 3. The molecular formula is C19H17ClF3N3. The summed E-state index contributed by atoms with van der Waals surface area (Å²) in [6.07, 6.45) is -4.49. The zero-order chi connectivity index (χ0) is 18.7. The zero-order valence-electron chi connectivity index (χ0n) is 13.9. The minimum Gasteiger partial charge on any atom is -0.368 e. The van der Waals surface area contributed by atoms with Crippen LogP contribution in [0.25, 0.3) is 0 Å². The van der Waals surface area contributed by atoms with Gasteiger partial charge in [-0.2, -0.15) is 18.4 Å². The molecule has 0 unspecified atom stereocenters. The molecule has 0 spiro atoms. The standard InChI is InChI=1S/C19H17ClF3N3/c20-12-14-1-4-16(5-2-14)25-7-9-26(10-8-25)18-6-3-15(13-24)11-17(18)19(21,22)23/h1-6,11H,7-10,12H2. The second-order valence-electron chi connectivity index (χ2n) is 6.12. The highest BCUT2D eigenvalue weighted by Gasteiger charge is 2.35. The number of piperazine rings is 1. The first-order valence-electron chi connectivity index (χ1n) is 8.18. The number of benzene rings is 2. The molecule has 136 valence electrons. The van der Waals surface area contributed by atoms with E-state index in [1.165, 1.54) is 12.1 Å². The molecule has 7 heteroatoms. The van der Waals surface area contributed by atoms with Crippen LogP contribution in [0.2, 0.25) is 0 Å². The van der Waals surface area contributed by atoms with Crippen molar-refractivity contribution in [1.82, 2.24) is 0 Å². The van der Waals surface area contributed by atoms with Crippen molar-refractivity contribution in [2.75, 3.05) is 36.0 Å². The molecule has 0 amide bonds. The highest BCUT2D eigenvalue weighted by Crippen LogP contribution is 2.37. The minimum atomic E-state index is -4.49. The Bertz CT molecular complexity index is 804. The number of hydrogen-bond acceptors (Lipinski definition) is 3. The molecule has 0 aromatic heterocycles. The maximum absolute atomic E-state index is 13.4. The third kappa shape index (κ3) is 3.88. The van der Waals surface area contributed by atoms with E-state index >= 15 is 0 Å². The third-order valence-corrected chi connectivity index (χ3v) is 4.82. The van der Waals surface area contributed by atoms with Crippen molar-refractivity contribution < 1.29 is 13.2 Å². The molecular weight excluding hydrogens is 363 g/mol. The van der Waals surface area contributed by atoms with Gasteiger partial charge in [0.15, 0.2) is 0 Å². The summed E-state index contributed by atoms with van der Waals surface area (Å²) in [5.74, 6) is 0.451. The van der Waals surface area contributed by atoms with Crippen molar-refractivity contribution in [1.29, 1.82) is 5.26 Å². The predicted octanol–water partition coefficient (Wildman–Crippen LogP) is 4.64. The average molecular weight is 380 g/mol. The SMILES string of the molecule is N#Cc1ccc(N2CCN(c3ccc(CCl)cc3)CC2)c(C(F)(F)F)c1. The van der Waals surface area contributed by atoms with Crippen LogP contribution in [-0.4, -0.2) is 26.2 Å². The molecule has 0 N–H and O–H groups in total. The van der Waals surface area contributed by atoms with Crippen molar-refractivity contribution in [3.63, 3.8) is 0 Å². The lowest BCUT2D eigenvalue weighted by Crippen LogP contribution is -2.47. The van der Waals surface area contributed by atoms with Crippen molar-refractivity contribution in [2.24, 2.45) is 0 Å². The molecule has 26 heavy (non-hydrogen) atoms. The Morgan fingerprint density at radius 3 is 2.12 bits per heavy atom. The average Bonchev–Trinajstić information content (AvgIpc) is 2.67. The van der Waals surface area contributed by atoms with Gasteiger partial charge in [0.2, 0.25) is 0 Å². The topological polar surface area (TPSA) is 30.3 Å². The molecule has 1 heterocycles. The van der Waals surface area contributed by atoms with Crippen molar-refractivity contribution in [3.8, 4) is 6.07 Å². The van der Waals surface area contributed by atoms with Gasteiger partial charge in [0, 0.05) is 43.4 Å². The van der Waals surface area contributed by atoms with Crippen LogP contribution in [-0.2, 0) is 12.1 Å². The summed E-state index contributed by atoms with van der Waals surface area (Å²) in [5, 5.41) is 8.88. The van der Waals surface area contributed by atoms with Crippen LogP contribution in [0.4, 0.5) is 24.5 Å². The first-order valence-corrected chi connectivity index (χ1v) is 8.72. The molecule has 0 atom stereocenters. The number of hydrogen-bond donors (Lipinski definition) is 0. The van der Waals surface area contributed by atoms with E-state index in [1.54, 1.807) is 11.0 Å². The normalized spacial score (nSPS) is 15.0. The first-order chi connectivity index (χ1) is 12.4. The van der Waals surface area contributed by atoms with Crippen LogP contribution >= 0.6 is 11.6 Å². The molecule has 2 aromatic carbocycles. The molecule has 2 aromatic rings. The Labute approximate surface area is 155 Å². The van der Waals surface area contributed by atoms with Crippen LogP contribution < -0.4 is 9.80 Å². The lowest BCUT2D eigenvalue weighted by Gasteiger charge is -2.38. The van der Waals surface area contributed by atoms with Crippen LogP contribution in [0.1, 0.15) is 16.7 Å². The molecule has 1 fully saturated rings. The van der Waals surface area contributed by atoms with E-state index in [0.29, 0.717) is 32.1 Å². The quantitative estimate of drug-likeness (QED) is 0.728. The van der Waals surface area contributed by atoms with Crippen LogP contribution in [0.3, 0.4) is 0 Å². The summed E-state index contributed by atoms with van der Waals surface area (Å²) in [4.78, 5) is 3.87. The van der Waals surface area contributed by atoms with Gasteiger partial charge in [0.05, 0.1) is 17.2 Å². The van der Waals surface area contributed by atoms with Gasteiger partial charge in [-0.1, -0.05) is 12.1 Å².